The molecule has 2 heterocycles. The van der Waals surface area contributed by atoms with Crippen molar-refractivity contribution in [2.75, 3.05) is 50.1 Å². The van der Waals surface area contributed by atoms with Crippen LogP contribution in [-0.4, -0.2) is 50.5 Å². The number of hydrogen-bond acceptors (Lipinski definition) is 5. The lowest BCUT2D eigenvalue weighted by Gasteiger charge is -2.31. The number of piperazine rings is 1. The molecule has 0 unspecified atom stereocenters. The summed E-state index contributed by atoms with van der Waals surface area (Å²) in [6, 6.07) is 1.88. The van der Waals surface area contributed by atoms with E-state index in [1.165, 1.54) is 0 Å². The third-order valence-electron chi connectivity index (χ3n) is 2.61. The van der Waals surface area contributed by atoms with E-state index in [0.29, 0.717) is 5.15 Å². The van der Waals surface area contributed by atoms with Gasteiger partial charge in [0.2, 0.25) is 0 Å². The molecule has 0 amide bonds. The van der Waals surface area contributed by atoms with E-state index < -0.39 is 0 Å². The van der Waals surface area contributed by atoms with Crippen LogP contribution in [0.5, 0.6) is 0 Å². The van der Waals surface area contributed by atoms with Crippen LogP contribution in [-0.2, 0) is 0 Å². The van der Waals surface area contributed by atoms with Crippen molar-refractivity contribution >= 4 is 23.1 Å². The van der Waals surface area contributed by atoms with Gasteiger partial charge in [-0.3, -0.25) is 0 Å². The molecule has 0 aromatic carbocycles. The van der Waals surface area contributed by atoms with Crippen LogP contribution in [0.3, 0.4) is 0 Å². The molecule has 1 saturated heterocycles. The molecule has 0 saturated carbocycles. The van der Waals surface area contributed by atoms with Gasteiger partial charge in [0.1, 0.15) is 0 Å². The van der Waals surface area contributed by atoms with Gasteiger partial charge in [-0.1, -0.05) is 11.6 Å². The molecule has 1 aliphatic heterocycles. The van der Waals surface area contributed by atoms with Crippen molar-refractivity contribution in [1.82, 2.24) is 15.5 Å². The standard InChI is InChI=1S/C10H16ClN5/c1-15(2)10-8(7-9(11)13-14-10)16-5-3-12-4-6-16/h7,12H,3-6H2,1-2H3. The van der Waals surface area contributed by atoms with E-state index in [-0.39, 0.29) is 0 Å². The molecule has 6 heteroatoms. The first-order valence-corrected chi connectivity index (χ1v) is 5.72. The Labute approximate surface area is 100 Å². The number of hydrogen-bond donors (Lipinski definition) is 1. The molecule has 2 rings (SSSR count). The zero-order valence-corrected chi connectivity index (χ0v) is 10.3. The monoisotopic (exact) mass is 241 g/mol. The largest absolute Gasteiger partial charge is 0.366 e. The molecule has 0 spiro atoms. The molecule has 5 nitrogen and oxygen atoms in total. The Morgan fingerprint density at radius 1 is 1.31 bits per heavy atom. The molecule has 1 aromatic heterocycles. The first-order chi connectivity index (χ1) is 7.68. The predicted octanol–water partition coefficient (Wildman–Crippen LogP) is 0.606. The summed E-state index contributed by atoms with van der Waals surface area (Å²) in [5.74, 6) is 0.867. The van der Waals surface area contributed by atoms with Gasteiger partial charge >= 0.3 is 0 Å². The number of anilines is 2. The highest BCUT2D eigenvalue weighted by Crippen LogP contribution is 2.27. The topological polar surface area (TPSA) is 44.3 Å². The van der Waals surface area contributed by atoms with Crippen molar-refractivity contribution in [2.24, 2.45) is 0 Å². The summed E-state index contributed by atoms with van der Waals surface area (Å²) >= 11 is 5.91. The number of nitrogens with zero attached hydrogens (tertiary/aromatic N) is 4. The second-order valence-corrected chi connectivity index (χ2v) is 4.39. The summed E-state index contributed by atoms with van der Waals surface area (Å²) in [5, 5.41) is 11.8. The van der Waals surface area contributed by atoms with E-state index in [0.717, 1.165) is 37.7 Å². The van der Waals surface area contributed by atoms with Gasteiger partial charge in [0.05, 0.1) is 5.69 Å². The Bertz CT molecular complexity index is 362. The van der Waals surface area contributed by atoms with Crippen molar-refractivity contribution in [3.63, 3.8) is 0 Å². The van der Waals surface area contributed by atoms with Crippen molar-refractivity contribution in [3.8, 4) is 0 Å². The fourth-order valence-electron chi connectivity index (χ4n) is 1.81. The van der Waals surface area contributed by atoms with Gasteiger partial charge < -0.3 is 15.1 Å². The summed E-state index contributed by atoms with van der Waals surface area (Å²) in [6.45, 7) is 3.94. The molecular formula is C10H16ClN5. The van der Waals surface area contributed by atoms with Crippen LogP contribution >= 0.6 is 11.6 Å². The second-order valence-electron chi connectivity index (χ2n) is 4.01. The van der Waals surface area contributed by atoms with E-state index >= 15 is 0 Å². The van der Waals surface area contributed by atoms with Crippen LogP contribution in [0.2, 0.25) is 5.15 Å². The van der Waals surface area contributed by atoms with Gasteiger partial charge in [0, 0.05) is 46.3 Å². The summed E-state index contributed by atoms with van der Waals surface area (Å²) in [4.78, 5) is 4.24. The van der Waals surface area contributed by atoms with E-state index in [1.807, 2.05) is 25.1 Å². The number of halogens is 1. The van der Waals surface area contributed by atoms with Gasteiger partial charge in [-0.05, 0) is 0 Å². The van der Waals surface area contributed by atoms with Crippen molar-refractivity contribution in [2.45, 2.75) is 0 Å². The lowest BCUT2D eigenvalue weighted by molar-refractivity contribution is 0.588. The molecule has 1 aromatic rings. The molecule has 16 heavy (non-hydrogen) atoms. The van der Waals surface area contributed by atoms with Gasteiger partial charge in [0.15, 0.2) is 11.0 Å². The third-order valence-corrected chi connectivity index (χ3v) is 2.79. The number of nitrogens with one attached hydrogen (secondary N) is 1. The highest BCUT2D eigenvalue weighted by Gasteiger charge is 2.17. The zero-order valence-electron chi connectivity index (χ0n) is 9.57. The smallest absolute Gasteiger partial charge is 0.174 e. The zero-order chi connectivity index (χ0) is 11.5. The van der Waals surface area contributed by atoms with Crippen LogP contribution < -0.4 is 15.1 Å². The first kappa shape index (κ1) is 11.4. The van der Waals surface area contributed by atoms with Crippen molar-refractivity contribution in [3.05, 3.63) is 11.2 Å². The highest BCUT2D eigenvalue weighted by atomic mass is 35.5. The molecule has 0 aliphatic carbocycles. The number of rotatable bonds is 2. The second kappa shape index (κ2) is 4.84. The lowest BCUT2D eigenvalue weighted by atomic mass is 10.3. The van der Waals surface area contributed by atoms with Gasteiger partial charge in [-0.25, -0.2) is 0 Å². The van der Waals surface area contributed by atoms with Crippen molar-refractivity contribution < 1.29 is 0 Å². The lowest BCUT2D eigenvalue weighted by Crippen LogP contribution is -2.44. The van der Waals surface area contributed by atoms with Crippen LogP contribution in [0.1, 0.15) is 0 Å². The summed E-state index contributed by atoms with van der Waals surface area (Å²) in [5.41, 5.74) is 1.06. The number of aromatic nitrogens is 2. The molecular weight excluding hydrogens is 226 g/mol. The molecule has 1 aliphatic rings. The fraction of sp³-hybridized carbons (Fsp3) is 0.600. The van der Waals surface area contributed by atoms with E-state index in [4.69, 9.17) is 11.6 Å². The van der Waals surface area contributed by atoms with Crippen LogP contribution in [0.25, 0.3) is 0 Å². The van der Waals surface area contributed by atoms with E-state index in [1.54, 1.807) is 0 Å². The van der Waals surface area contributed by atoms with Crippen LogP contribution in [0, 0.1) is 0 Å². The molecule has 88 valence electrons. The van der Waals surface area contributed by atoms with E-state index in [2.05, 4.69) is 20.4 Å². The Morgan fingerprint density at radius 2 is 2.00 bits per heavy atom. The molecule has 0 atom stereocenters. The minimum Gasteiger partial charge on any atom is -0.366 e. The predicted molar refractivity (Wildman–Crippen MR) is 66.5 cm³/mol. The third kappa shape index (κ3) is 2.36. The minimum absolute atomic E-state index is 0.444. The molecule has 1 N–H and O–H groups in total. The minimum atomic E-state index is 0.444. The maximum atomic E-state index is 5.91. The quantitative estimate of drug-likeness (QED) is 0.822. The average Bonchev–Trinajstić information content (AvgIpc) is 2.29. The van der Waals surface area contributed by atoms with Crippen molar-refractivity contribution in [1.29, 1.82) is 0 Å². The Hall–Kier alpha value is -1.07. The van der Waals surface area contributed by atoms with Gasteiger partial charge in [-0.15, -0.1) is 10.2 Å². The summed E-state index contributed by atoms with van der Waals surface area (Å²) in [6.07, 6.45) is 0. The normalized spacial score (nSPS) is 16.3. The molecule has 1 fully saturated rings. The maximum absolute atomic E-state index is 5.91. The fourth-order valence-corrected chi connectivity index (χ4v) is 1.95. The van der Waals surface area contributed by atoms with Crippen LogP contribution in [0.4, 0.5) is 11.5 Å². The summed E-state index contributed by atoms with van der Waals surface area (Å²) < 4.78 is 0. The highest BCUT2D eigenvalue weighted by molar-refractivity contribution is 6.29. The summed E-state index contributed by atoms with van der Waals surface area (Å²) in [7, 11) is 3.92. The van der Waals surface area contributed by atoms with E-state index in [9.17, 15) is 0 Å². The van der Waals surface area contributed by atoms with Crippen LogP contribution in [0.15, 0.2) is 6.07 Å². The Kier molecular flexibility index (Phi) is 3.46. The molecule has 0 bridgehead atoms. The Morgan fingerprint density at radius 3 is 2.62 bits per heavy atom. The average molecular weight is 242 g/mol. The Balaban J connectivity index is 2.32. The van der Waals surface area contributed by atoms with Gasteiger partial charge in [-0.2, -0.15) is 0 Å². The van der Waals surface area contributed by atoms with Gasteiger partial charge in [0.25, 0.3) is 0 Å². The molecule has 0 radical (unpaired) electrons. The SMILES string of the molecule is CN(C)c1nnc(Cl)cc1N1CCNCC1. The maximum Gasteiger partial charge on any atom is 0.174 e. The first-order valence-electron chi connectivity index (χ1n) is 5.34.